The van der Waals surface area contributed by atoms with Crippen molar-refractivity contribution >= 4 is 5.96 Å². The molecule has 0 bridgehead atoms. The summed E-state index contributed by atoms with van der Waals surface area (Å²) in [4.78, 5) is 6.95. The summed E-state index contributed by atoms with van der Waals surface area (Å²) in [6.45, 7) is 2.23. The molecule has 1 saturated carbocycles. The number of fused-ring (bicyclic) bond motifs is 1. The molecule has 0 spiro atoms. The highest BCUT2D eigenvalue weighted by molar-refractivity contribution is 5.79. The number of para-hydroxylation sites is 1. The number of nitrogens with zero attached hydrogens (tertiary/aromatic N) is 2. The molecule has 0 aromatic heterocycles. The van der Waals surface area contributed by atoms with Crippen LogP contribution >= 0.6 is 0 Å². The quantitative estimate of drug-likeness (QED) is 0.354. The Balaban J connectivity index is 1.78. The van der Waals surface area contributed by atoms with Crippen molar-refractivity contribution in [1.82, 2.24) is 10.3 Å². The summed E-state index contributed by atoms with van der Waals surface area (Å²) >= 11 is 0. The Morgan fingerprint density at radius 1 is 1.30 bits per heavy atom. The van der Waals surface area contributed by atoms with Gasteiger partial charge in [-0.05, 0) is 18.9 Å². The van der Waals surface area contributed by atoms with Crippen LogP contribution in [0.5, 0.6) is 5.75 Å². The summed E-state index contributed by atoms with van der Waals surface area (Å²) in [5, 5.41) is 0. The maximum Gasteiger partial charge on any atom is 0.209 e. The zero-order valence-corrected chi connectivity index (χ0v) is 11.7. The third kappa shape index (κ3) is 2.88. The number of hydrazine groups is 1. The molecule has 5 nitrogen and oxygen atoms in total. The summed E-state index contributed by atoms with van der Waals surface area (Å²) in [5.41, 5.74) is 3.96. The van der Waals surface area contributed by atoms with E-state index in [9.17, 15) is 0 Å². The first kappa shape index (κ1) is 13.2. The average Bonchev–Trinajstić information content (AvgIpc) is 2.89. The van der Waals surface area contributed by atoms with Crippen molar-refractivity contribution in [2.24, 2.45) is 10.8 Å². The molecular weight excluding hydrogens is 252 g/mol. The van der Waals surface area contributed by atoms with Gasteiger partial charge in [0.1, 0.15) is 12.4 Å². The molecule has 1 aliphatic carbocycles. The van der Waals surface area contributed by atoms with Crippen molar-refractivity contribution in [3.8, 4) is 5.75 Å². The monoisotopic (exact) mass is 274 g/mol. The number of aliphatic imine (C=N–C) groups is 1. The predicted octanol–water partition coefficient (Wildman–Crippen LogP) is 1.64. The second kappa shape index (κ2) is 6.13. The standard InChI is InChI=1S/C15H22N4O/c16-18-15(17-13-6-2-3-7-13)19-9-10-20-14-8-4-1-5-12(14)11-19/h1,4-5,8,13H,2-3,6-7,9-11,16H2,(H,17,18). The van der Waals surface area contributed by atoms with Crippen LogP contribution in [-0.4, -0.2) is 30.1 Å². The number of hydrogen-bond donors (Lipinski definition) is 2. The van der Waals surface area contributed by atoms with Crippen molar-refractivity contribution < 1.29 is 4.74 Å². The predicted molar refractivity (Wildman–Crippen MR) is 79.4 cm³/mol. The van der Waals surface area contributed by atoms with Crippen LogP contribution < -0.4 is 16.0 Å². The van der Waals surface area contributed by atoms with Crippen LogP contribution in [0.15, 0.2) is 29.3 Å². The fraction of sp³-hybridized carbons (Fsp3) is 0.533. The summed E-state index contributed by atoms with van der Waals surface area (Å²) < 4.78 is 5.78. The van der Waals surface area contributed by atoms with Crippen molar-refractivity contribution in [2.45, 2.75) is 38.3 Å². The van der Waals surface area contributed by atoms with E-state index in [1.54, 1.807) is 0 Å². The topological polar surface area (TPSA) is 62.9 Å². The Hall–Kier alpha value is -1.75. The Bertz CT molecular complexity index is 483. The number of hydrogen-bond acceptors (Lipinski definition) is 3. The molecule has 5 heteroatoms. The molecule has 1 aromatic rings. The van der Waals surface area contributed by atoms with Crippen LogP contribution in [0.4, 0.5) is 0 Å². The molecule has 20 heavy (non-hydrogen) atoms. The summed E-state index contributed by atoms with van der Waals surface area (Å²) in [7, 11) is 0. The van der Waals surface area contributed by atoms with E-state index < -0.39 is 0 Å². The van der Waals surface area contributed by atoms with Gasteiger partial charge < -0.3 is 9.64 Å². The van der Waals surface area contributed by atoms with Gasteiger partial charge in [0.25, 0.3) is 0 Å². The molecule has 2 aliphatic rings. The van der Waals surface area contributed by atoms with Gasteiger partial charge in [-0.25, -0.2) is 10.8 Å². The molecule has 0 saturated heterocycles. The Kier molecular flexibility index (Phi) is 4.06. The van der Waals surface area contributed by atoms with Crippen LogP contribution in [0.1, 0.15) is 31.2 Å². The van der Waals surface area contributed by atoms with E-state index in [0.717, 1.165) is 24.8 Å². The van der Waals surface area contributed by atoms with Crippen LogP contribution in [0.2, 0.25) is 0 Å². The van der Waals surface area contributed by atoms with Crippen molar-refractivity contribution in [3.05, 3.63) is 29.8 Å². The van der Waals surface area contributed by atoms with E-state index in [1.807, 2.05) is 18.2 Å². The second-order valence-electron chi connectivity index (χ2n) is 5.41. The molecule has 1 heterocycles. The molecule has 1 aromatic carbocycles. The van der Waals surface area contributed by atoms with Crippen molar-refractivity contribution in [1.29, 1.82) is 0 Å². The lowest BCUT2D eigenvalue weighted by atomic mass is 10.2. The van der Waals surface area contributed by atoms with Crippen molar-refractivity contribution in [3.63, 3.8) is 0 Å². The van der Waals surface area contributed by atoms with Gasteiger partial charge in [-0.1, -0.05) is 31.0 Å². The Morgan fingerprint density at radius 2 is 2.10 bits per heavy atom. The largest absolute Gasteiger partial charge is 0.491 e. The van der Waals surface area contributed by atoms with Crippen molar-refractivity contribution in [2.75, 3.05) is 13.2 Å². The number of guanidine groups is 1. The number of benzene rings is 1. The lowest BCUT2D eigenvalue weighted by molar-refractivity contribution is 0.285. The molecule has 0 unspecified atom stereocenters. The molecule has 0 amide bonds. The number of rotatable bonds is 1. The fourth-order valence-electron chi connectivity index (χ4n) is 2.92. The highest BCUT2D eigenvalue weighted by Gasteiger charge is 2.20. The van der Waals surface area contributed by atoms with Gasteiger partial charge in [0, 0.05) is 12.1 Å². The first-order chi connectivity index (χ1) is 9.86. The Labute approximate surface area is 119 Å². The Morgan fingerprint density at radius 3 is 2.90 bits per heavy atom. The maximum atomic E-state index is 5.78. The summed E-state index contributed by atoms with van der Waals surface area (Å²) in [5.74, 6) is 7.44. The van der Waals surface area contributed by atoms with Gasteiger partial charge in [0.2, 0.25) is 5.96 Å². The lowest BCUT2D eigenvalue weighted by Crippen LogP contribution is -2.45. The van der Waals surface area contributed by atoms with Gasteiger partial charge in [-0.15, -0.1) is 0 Å². The fourth-order valence-corrected chi connectivity index (χ4v) is 2.92. The molecule has 3 rings (SSSR count). The zero-order valence-electron chi connectivity index (χ0n) is 11.7. The van der Waals surface area contributed by atoms with E-state index in [0.29, 0.717) is 12.6 Å². The minimum Gasteiger partial charge on any atom is -0.491 e. The third-order valence-electron chi connectivity index (χ3n) is 4.01. The van der Waals surface area contributed by atoms with E-state index >= 15 is 0 Å². The van der Waals surface area contributed by atoms with Crippen LogP contribution in [-0.2, 0) is 6.54 Å². The SMILES string of the molecule is NNC(=NC1CCCC1)N1CCOc2ccccc2C1. The van der Waals surface area contributed by atoms with Gasteiger partial charge in [-0.2, -0.15) is 0 Å². The summed E-state index contributed by atoms with van der Waals surface area (Å²) in [6.07, 6.45) is 4.90. The zero-order chi connectivity index (χ0) is 13.8. The van der Waals surface area contributed by atoms with Gasteiger partial charge in [0.15, 0.2) is 0 Å². The van der Waals surface area contributed by atoms with E-state index in [1.165, 1.54) is 31.2 Å². The van der Waals surface area contributed by atoms with Gasteiger partial charge in [-0.3, -0.25) is 5.43 Å². The van der Waals surface area contributed by atoms with E-state index in [-0.39, 0.29) is 0 Å². The van der Waals surface area contributed by atoms with Crippen LogP contribution in [0.3, 0.4) is 0 Å². The van der Waals surface area contributed by atoms with Gasteiger partial charge in [0.05, 0.1) is 12.6 Å². The van der Waals surface area contributed by atoms with Crippen LogP contribution in [0.25, 0.3) is 0 Å². The maximum absolute atomic E-state index is 5.78. The number of nitrogens with one attached hydrogen (secondary N) is 1. The summed E-state index contributed by atoms with van der Waals surface area (Å²) in [6, 6.07) is 8.57. The first-order valence-corrected chi connectivity index (χ1v) is 7.37. The molecule has 108 valence electrons. The van der Waals surface area contributed by atoms with Crippen LogP contribution in [0, 0.1) is 0 Å². The number of nitrogens with two attached hydrogens (primary N) is 1. The molecule has 0 radical (unpaired) electrons. The minimum absolute atomic E-state index is 0.417. The average molecular weight is 274 g/mol. The lowest BCUT2D eigenvalue weighted by Gasteiger charge is -2.24. The first-order valence-electron chi connectivity index (χ1n) is 7.37. The smallest absolute Gasteiger partial charge is 0.209 e. The third-order valence-corrected chi connectivity index (χ3v) is 4.01. The molecular formula is C15H22N4O. The number of ether oxygens (including phenoxy) is 1. The van der Waals surface area contributed by atoms with E-state index in [2.05, 4.69) is 16.4 Å². The van der Waals surface area contributed by atoms with E-state index in [4.69, 9.17) is 15.6 Å². The molecule has 0 atom stereocenters. The minimum atomic E-state index is 0.417. The highest BCUT2D eigenvalue weighted by Crippen LogP contribution is 2.24. The normalized spacial score (nSPS) is 20.2. The second-order valence-corrected chi connectivity index (χ2v) is 5.41. The highest BCUT2D eigenvalue weighted by atomic mass is 16.5. The molecule has 1 aliphatic heterocycles. The van der Waals surface area contributed by atoms with Gasteiger partial charge >= 0.3 is 0 Å². The molecule has 3 N–H and O–H groups in total. The molecule has 1 fully saturated rings.